The van der Waals surface area contributed by atoms with Crippen molar-refractivity contribution in [1.29, 1.82) is 0 Å². The van der Waals surface area contributed by atoms with E-state index in [0.29, 0.717) is 42.6 Å². The van der Waals surface area contributed by atoms with Gasteiger partial charge in [-0.05, 0) is 12.1 Å². The van der Waals surface area contributed by atoms with Crippen LogP contribution >= 0.6 is 0 Å². The van der Waals surface area contributed by atoms with Gasteiger partial charge in [0.1, 0.15) is 5.60 Å². The molecule has 1 spiro atoms. The molecule has 0 unspecified atom stereocenters. The molecule has 0 atom stereocenters. The van der Waals surface area contributed by atoms with Crippen LogP contribution in [0.3, 0.4) is 0 Å². The van der Waals surface area contributed by atoms with Gasteiger partial charge in [0.05, 0.1) is 45.2 Å². The second kappa shape index (κ2) is 7.11. The molecule has 3 aromatic rings. The van der Waals surface area contributed by atoms with Crippen molar-refractivity contribution in [1.82, 2.24) is 14.9 Å². The summed E-state index contributed by atoms with van der Waals surface area (Å²) in [4.78, 5) is 24.1. The average molecular weight is 403 g/mol. The van der Waals surface area contributed by atoms with Crippen molar-refractivity contribution in [2.45, 2.75) is 12.2 Å². The van der Waals surface area contributed by atoms with E-state index in [1.54, 1.807) is 30.2 Å². The molecule has 1 fully saturated rings. The Kier molecular flexibility index (Phi) is 4.40. The fourth-order valence-electron chi connectivity index (χ4n) is 4.12. The molecule has 7 heteroatoms. The highest BCUT2D eigenvalue weighted by molar-refractivity contribution is 5.98. The summed E-state index contributed by atoms with van der Waals surface area (Å²) in [6.07, 6.45) is 1.84. The molecular weight excluding hydrogens is 382 g/mol. The number of likely N-dealkylation sites (tertiary alicyclic amines) is 1. The lowest BCUT2D eigenvalue weighted by atomic mass is 9.87. The number of benzene rings is 2. The number of amides is 1. The van der Waals surface area contributed by atoms with Gasteiger partial charge in [0.25, 0.3) is 5.91 Å². The average Bonchev–Trinajstić information content (AvgIpc) is 3.16. The summed E-state index contributed by atoms with van der Waals surface area (Å²) < 4.78 is 16.8. The lowest BCUT2D eigenvalue weighted by Crippen LogP contribution is -2.61. The summed E-state index contributed by atoms with van der Waals surface area (Å²) in [5.41, 5.74) is 2.75. The van der Waals surface area contributed by atoms with Crippen molar-refractivity contribution in [2.24, 2.45) is 0 Å². The highest BCUT2D eigenvalue weighted by Crippen LogP contribution is 2.44. The van der Waals surface area contributed by atoms with E-state index in [9.17, 15) is 4.79 Å². The fourth-order valence-corrected chi connectivity index (χ4v) is 4.12. The zero-order chi connectivity index (χ0) is 20.7. The van der Waals surface area contributed by atoms with Gasteiger partial charge in [0.2, 0.25) is 0 Å². The van der Waals surface area contributed by atoms with Gasteiger partial charge in [-0.3, -0.25) is 4.79 Å². The van der Waals surface area contributed by atoms with Gasteiger partial charge in [-0.1, -0.05) is 36.4 Å². The summed E-state index contributed by atoms with van der Waals surface area (Å²) in [6.45, 7) is 1.32. The Morgan fingerprint density at radius 1 is 1.07 bits per heavy atom. The molecule has 2 aliphatic rings. The van der Waals surface area contributed by atoms with E-state index >= 15 is 0 Å². The Morgan fingerprint density at radius 2 is 1.87 bits per heavy atom. The van der Waals surface area contributed by atoms with E-state index in [0.717, 1.165) is 16.8 Å². The molecule has 1 aromatic heterocycles. The van der Waals surface area contributed by atoms with E-state index in [1.807, 2.05) is 36.5 Å². The molecule has 152 valence electrons. The molecule has 2 aromatic carbocycles. The number of methoxy groups -OCH3 is 2. The number of rotatable bonds is 4. The van der Waals surface area contributed by atoms with E-state index in [-0.39, 0.29) is 5.91 Å². The number of nitrogens with zero attached hydrogens (tertiary/aromatic N) is 3. The Labute approximate surface area is 174 Å². The van der Waals surface area contributed by atoms with Gasteiger partial charge in [-0.2, -0.15) is 0 Å². The first-order valence-corrected chi connectivity index (χ1v) is 9.71. The number of carbonyl (C=O) groups is 1. The lowest BCUT2D eigenvalue weighted by molar-refractivity contribution is -0.126. The van der Waals surface area contributed by atoms with Crippen molar-refractivity contribution < 1.29 is 19.0 Å². The Hall–Kier alpha value is -3.45. The third kappa shape index (κ3) is 2.81. The monoisotopic (exact) mass is 403 g/mol. The summed E-state index contributed by atoms with van der Waals surface area (Å²) in [5.74, 6) is 1.54. The standard InChI is InChI=1S/C23H21N3O4/c1-28-19-10-6-9-16(20(19)29-2)22(27)26-13-23(14-26)17-11-24-21(25-18(17)12-30-23)15-7-4-3-5-8-15/h3-11H,12-14H2,1-2H3. The first-order valence-electron chi connectivity index (χ1n) is 9.71. The maximum absolute atomic E-state index is 13.1. The molecule has 1 saturated heterocycles. The lowest BCUT2D eigenvalue weighted by Gasteiger charge is -2.47. The van der Waals surface area contributed by atoms with Gasteiger partial charge in [-0.15, -0.1) is 0 Å². The Balaban J connectivity index is 1.37. The zero-order valence-corrected chi connectivity index (χ0v) is 16.8. The quantitative estimate of drug-likeness (QED) is 0.667. The topological polar surface area (TPSA) is 73.8 Å². The molecule has 0 aliphatic carbocycles. The number of para-hydroxylation sites is 1. The van der Waals surface area contributed by atoms with Crippen molar-refractivity contribution in [2.75, 3.05) is 27.3 Å². The molecule has 7 nitrogen and oxygen atoms in total. The van der Waals surface area contributed by atoms with Crippen LogP contribution in [0.5, 0.6) is 11.5 Å². The largest absolute Gasteiger partial charge is 0.493 e. The number of aromatic nitrogens is 2. The van der Waals surface area contributed by atoms with Crippen LogP contribution in [0.4, 0.5) is 0 Å². The van der Waals surface area contributed by atoms with Crippen LogP contribution in [0.25, 0.3) is 11.4 Å². The smallest absolute Gasteiger partial charge is 0.257 e. The molecular formula is C23H21N3O4. The second-order valence-corrected chi connectivity index (χ2v) is 7.41. The second-order valence-electron chi connectivity index (χ2n) is 7.41. The maximum Gasteiger partial charge on any atom is 0.257 e. The fraction of sp³-hybridized carbons (Fsp3) is 0.261. The van der Waals surface area contributed by atoms with Crippen molar-refractivity contribution in [3.63, 3.8) is 0 Å². The number of carbonyl (C=O) groups excluding carboxylic acids is 1. The summed E-state index contributed by atoms with van der Waals surface area (Å²) in [6, 6.07) is 15.2. The van der Waals surface area contributed by atoms with Gasteiger partial charge >= 0.3 is 0 Å². The SMILES string of the molecule is COc1cccc(C(=O)N2CC3(C2)OCc2nc(-c4ccccc4)ncc23)c1OC. The summed E-state index contributed by atoms with van der Waals surface area (Å²) in [7, 11) is 3.09. The minimum Gasteiger partial charge on any atom is -0.493 e. The highest BCUT2D eigenvalue weighted by Gasteiger charge is 2.53. The van der Waals surface area contributed by atoms with E-state index in [2.05, 4.69) is 4.98 Å². The van der Waals surface area contributed by atoms with Crippen LogP contribution in [0.1, 0.15) is 21.6 Å². The molecule has 1 amide bonds. The normalized spacial score (nSPS) is 16.1. The van der Waals surface area contributed by atoms with Gasteiger partial charge in [0, 0.05) is 17.3 Å². The first kappa shape index (κ1) is 18.6. The minimum atomic E-state index is -0.535. The predicted octanol–water partition coefficient (Wildman–Crippen LogP) is 3.04. The number of ether oxygens (including phenoxy) is 3. The molecule has 0 bridgehead atoms. The molecule has 30 heavy (non-hydrogen) atoms. The zero-order valence-electron chi connectivity index (χ0n) is 16.8. The van der Waals surface area contributed by atoms with Crippen LogP contribution in [-0.2, 0) is 16.9 Å². The van der Waals surface area contributed by atoms with E-state index in [1.165, 1.54) is 7.11 Å². The van der Waals surface area contributed by atoms with Crippen LogP contribution in [-0.4, -0.2) is 48.1 Å². The van der Waals surface area contributed by atoms with Crippen LogP contribution in [0, 0.1) is 0 Å². The molecule has 5 rings (SSSR count). The number of fused-ring (bicyclic) bond motifs is 2. The Bertz CT molecular complexity index is 1110. The minimum absolute atomic E-state index is 0.116. The number of hydrogen-bond donors (Lipinski definition) is 0. The van der Waals surface area contributed by atoms with E-state index in [4.69, 9.17) is 19.2 Å². The maximum atomic E-state index is 13.1. The highest BCUT2D eigenvalue weighted by atomic mass is 16.5. The van der Waals surface area contributed by atoms with Gasteiger partial charge < -0.3 is 19.1 Å². The molecule has 0 saturated carbocycles. The molecule has 0 N–H and O–H groups in total. The third-order valence-corrected chi connectivity index (χ3v) is 5.69. The van der Waals surface area contributed by atoms with Crippen molar-refractivity contribution in [3.05, 3.63) is 71.5 Å². The van der Waals surface area contributed by atoms with Crippen molar-refractivity contribution >= 4 is 5.91 Å². The molecule has 0 radical (unpaired) electrons. The van der Waals surface area contributed by atoms with Gasteiger partial charge in [-0.25, -0.2) is 9.97 Å². The Morgan fingerprint density at radius 3 is 2.60 bits per heavy atom. The molecule has 2 aliphatic heterocycles. The van der Waals surface area contributed by atoms with Crippen LogP contribution in [0.15, 0.2) is 54.7 Å². The van der Waals surface area contributed by atoms with Gasteiger partial charge in [0.15, 0.2) is 17.3 Å². The summed E-state index contributed by atoms with van der Waals surface area (Å²) >= 11 is 0. The number of hydrogen-bond acceptors (Lipinski definition) is 6. The van der Waals surface area contributed by atoms with Crippen molar-refractivity contribution in [3.8, 4) is 22.9 Å². The van der Waals surface area contributed by atoms with Crippen LogP contribution < -0.4 is 9.47 Å². The van der Waals surface area contributed by atoms with E-state index < -0.39 is 5.60 Å². The third-order valence-electron chi connectivity index (χ3n) is 5.69. The predicted molar refractivity (Wildman–Crippen MR) is 109 cm³/mol. The van der Waals surface area contributed by atoms with Crippen LogP contribution in [0.2, 0.25) is 0 Å². The summed E-state index contributed by atoms with van der Waals surface area (Å²) in [5, 5.41) is 0. The first-order chi connectivity index (χ1) is 14.6. The molecule has 3 heterocycles.